The zero-order valence-corrected chi connectivity index (χ0v) is 19.8. The second kappa shape index (κ2) is 28.5. The Morgan fingerprint density at radius 2 is 1.32 bits per heavy atom. The van der Waals surface area contributed by atoms with Gasteiger partial charge in [0.2, 0.25) is 0 Å². The molecule has 164 valence electrons. The van der Waals surface area contributed by atoms with Crippen LogP contribution in [0.25, 0.3) is 0 Å². The molecule has 0 radical (unpaired) electrons. The van der Waals surface area contributed by atoms with Crippen LogP contribution < -0.4 is 35.3 Å². The van der Waals surface area contributed by atoms with Crippen molar-refractivity contribution in [2.45, 2.75) is 12.5 Å². The van der Waals surface area contributed by atoms with E-state index >= 15 is 0 Å². The average Bonchev–Trinajstić information content (AvgIpc) is 2.55. The third kappa shape index (κ3) is 32.9. The van der Waals surface area contributed by atoms with Gasteiger partial charge < -0.3 is 40.4 Å². The van der Waals surface area contributed by atoms with E-state index in [0.717, 1.165) is 0 Å². The maximum Gasteiger partial charge on any atom is 1.00 e. The van der Waals surface area contributed by atoms with Gasteiger partial charge in [0, 0.05) is 25.8 Å². The van der Waals surface area contributed by atoms with E-state index in [4.69, 9.17) is 15.9 Å². The van der Waals surface area contributed by atoms with Gasteiger partial charge >= 0.3 is 52.9 Å². The van der Waals surface area contributed by atoms with Crippen LogP contribution in [0.4, 0.5) is 4.79 Å². The molecule has 0 aliphatic carbocycles. The number of hydrogen-bond donors (Lipinski definition) is 3. The van der Waals surface area contributed by atoms with Crippen LogP contribution in [-0.4, -0.2) is 86.7 Å². The first-order valence-electron chi connectivity index (χ1n) is 6.56. The van der Waals surface area contributed by atoms with Gasteiger partial charge in [0.25, 0.3) is 0 Å². The molecule has 0 amide bonds. The van der Waals surface area contributed by atoms with Gasteiger partial charge in [-0.15, -0.1) is 12.4 Å². The number of rotatable bonds is 8. The second-order valence-corrected chi connectivity index (χ2v) is 4.42. The summed E-state index contributed by atoms with van der Waals surface area (Å²) in [7, 11) is 5.22. The molecule has 0 aromatic carbocycles. The van der Waals surface area contributed by atoms with Gasteiger partial charge in [-0.2, -0.15) is 0 Å². The van der Waals surface area contributed by atoms with Crippen molar-refractivity contribution < 1.29 is 83.4 Å². The summed E-state index contributed by atoms with van der Waals surface area (Å²) < 4.78 is 17.3. The fourth-order valence-corrected chi connectivity index (χ4v) is 0.954. The number of methoxy groups -OCH3 is 4. The van der Waals surface area contributed by atoms with E-state index < -0.39 is 35.3 Å². The van der Waals surface area contributed by atoms with Gasteiger partial charge in [0.15, 0.2) is 0 Å². The Balaban J connectivity index is -0.0000000666. The number of esters is 1. The van der Waals surface area contributed by atoms with E-state index in [9.17, 15) is 19.2 Å². The maximum atomic E-state index is 10.7. The Bertz CT molecular complexity index is 414. The molecule has 0 aliphatic heterocycles. The molecule has 28 heavy (non-hydrogen) atoms. The number of ether oxygens (including phenoxy) is 4. The molecule has 0 aromatic rings. The first-order valence-corrected chi connectivity index (χ1v) is 6.94. The molecule has 0 aliphatic rings. The first-order chi connectivity index (χ1) is 11.6. The van der Waals surface area contributed by atoms with Crippen molar-refractivity contribution in [2.24, 2.45) is 11.7 Å². The second-order valence-electron chi connectivity index (χ2n) is 4.11. The van der Waals surface area contributed by atoms with Gasteiger partial charge in [0.1, 0.15) is 6.04 Å². The van der Waals surface area contributed by atoms with Crippen molar-refractivity contribution >= 4 is 47.3 Å². The average molecular weight is 466 g/mol. The Kier molecular flexibility index (Phi) is 42.4. The molecular formula is C13H26Cl2NNaO11. The van der Waals surface area contributed by atoms with Crippen LogP contribution in [0, 0.1) is 5.92 Å². The minimum atomic E-state index is -1.05. The van der Waals surface area contributed by atoms with Crippen LogP contribution in [0.1, 0.15) is 6.42 Å². The number of carboxylic acids is 2. The molecule has 0 rings (SSSR count). The molecule has 0 saturated heterocycles. The van der Waals surface area contributed by atoms with Gasteiger partial charge in [-0.05, 0) is 0 Å². The summed E-state index contributed by atoms with van der Waals surface area (Å²) in [5, 5.41) is 16.7. The Morgan fingerprint density at radius 3 is 1.50 bits per heavy atom. The minimum Gasteiger partial charge on any atom is -0.870 e. The third-order valence-corrected chi connectivity index (χ3v) is 2.34. The van der Waals surface area contributed by atoms with Gasteiger partial charge in [-0.1, -0.05) is 0 Å². The normalized spacial score (nSPS) is 10.2. The Morgan fingerprint density at radius 1 is 0.929 bits per heavy atom. The van der Waals surface area contributed by atoms with Gasteiger partial charge in [0.05, 0.1) is 39.8 Å². The largest absolute Gasteiger partial charge is 1.00 e. The van der Waals surface area contributed by atoms with Crippen molar-refractivity contribution in [1.29, 1.82) is 0 Å². The molecule has 2 atom stereocenters. The molecule has 0 fully saturated rings. The molecular weight excluding hydrogens is 440 g/mol. The van der Waals surface area contributed by atoms with E-state index in [1.807, 2.05) is 0 Å². The summed E-state index contributed by atoms with van der Waals surface area (Å²) >= 11 is 4.60. The number of halogens is 2. The standard InChI is InChI=1S/C7H12O5.C4H9NO3.C2H3ClO2.ClH.Na.H2O/c1-11-4-5(7(9)10)3-6(8)12-2;1-8-2-3(5)4(6)7;1-5-2(3)4;;;/h5H,3-4H2,1-2H3,(H,9,10);3H,2,5H2,1H3,(H,6,7);1H3;1H;;1H2/q;;;;+1;/p-1/t5-;3-;;;;/m00..../s1. The molecule has 0 saturated carbocycles. The van der Waals surface area contributed by atoms with Crippen molar-refractivity contribution in [1.82, 2.24) is 0 Å². The van der Waals surface area contributed by atoms with Crippen molar-refractivity contribution in [2.75, 3.05) is 41.7 Å². The van der Waals surface area contributed by atoms with Crippen molar-refractivity contribution in [3.05, 3.63) is 0 Å². The number of nitrogens with two attached hydrogens (primary N) is 1. The van der Waals surface area contributed by atoms with Crippen LogP contribution in [0.15, 0.2) is 0 Å². The van der Waals surface area contributed by atoms with Gasteiger partial charge in [-0.25, -0.2) is 4.79 Å². The first kappa shape index (κ1) is 41.6. The Labute approximate surface area is 196 Å². The molecule has 0 aromatic heterocycles. The zero-order chi connectivity index (χ0) is 20.4. The van der Waals surface area contributed by atoms with Crippen molar-refractivity contribution in [3.63, 3.8) is 0 Å². The predicted molar refractivity (Wildman–Crippen MR) is 94.6 cm³/mol. The van der Waals surface area contributed by atoms with Crippen LogP contribution in [0.5, 0.6) is 0 Å². The minimum absolute atomic E-state index is 0. The number of aliphatic carboxylic acids is 2. The predicted octanol–water partition coefficient (Wildman–Crippen LogP) is -2.82. The van der Waals surface area contributed by atoms with Crippen LogP contribution in [-0.2, 0) is 33.3 Å². The van der Waals surface area contributed by atoms with Crippen LogP contribution in [0.3, 0.4) is 0 Å². The fraction of sp³-hybridized carbons (Fsp3) is 0.692. The number of carboxylic acid groups (broad SMARTS) is 2. The van der Waals surface area contributed by atoms with E-state index in [0.29, 0.717) is 0 Å². The summed E-state index contributed by atoms with van der Waals surface area (Å²) in [5.41, 5.74) is 4.23. The summed E-state index contributed by atoms with van der Waals surface area (Å²) in [6.45, 7) is 0.0831. The number of hydrogen-bond acceptors (Lipinski definition) is 10. The number of carbonyl (C=O) groups is 4. The molecule has 0 unspecified atom stereocenters. The summed E-state index contributed by atoms with van der Waals surface area (Å²) in [5.74, 6) is -3.45. The maximum absolute atomic E-state index is 10.7. The summed E-state index contributed by atoms with van der Waals surface area (Å²) in [6, 6.07) is -0.889. The van der Waals surface area contributed by atoms with Crippen LogP contribution in [0.2, 0.25) is 0 Å². The molecule has 0 heterocycles. The SMILES string of the molecule is COC(=O)Cl.COC[C@H](CC(=O)OC)C(=O)O.COC[C@H](N)C(=O)O.Cl.[Na+].[OH-]. The monoisotopic (exact) mass is 465 g/mol. The van der Waals surface area contributed by atoms with E-state index in [2.05, 4.69) is 30.5 Å². The molecule has 0 spiro atoms. The number of carbonyl (C=O) groups excluding carboxylic acids is 2. The fourth-order valence-electron chi connectivity index (χ4n) is 0.954. The van der Waals surface area contributed by atoms with Crippen molar-refractivity contribution in [3.8, 4) is 0 Å². The van der Waals surface area contributed by atoms with Gasteiger partial charge in [-0.3, -0.25) is 14.4 Å². The molecule has 0 bridgehead atoms. The topological polar surface area (TPSA) is 202 Å². The molecule has 12 nitrogen and oxygen atoms in total. The smallest absolute Gasteiger partial charge is 0.870 e. The van der Waals surface area contributed by atoms with Crippen LogP contribution >= 0.6 is 24.0 Å². The summed E-state index contributed by atoms with van der Waals surface area (Å²) in [6.07, 6.45) is -0.153. The van der Waals surface area contributed by atoms with E-state index in [1.54, 1.807) is 0 Å². The van der Waals surface area contributed by atoms with E-state index in [-0.39, 0.29) is 67.1 Å². The molecule has 15 heteroatoms. The summed E-state index contributed by atoms with van der Waals surface area (Å²) in [4.78, 5) is 40.4. The quantitative estimate of drug-likeness (QED) is 0.188. The third-order valence-electron chi connectivity index (χ3n) is 2.18. The zero-order valence-electron chi connectivity index (χ0n) is 16.2. The molecule has 5 N–H and O–H groups in total. The van der Waals surface area contributed by atoms with E-state index in [1.165, 1.54) is 28.4 Å². The Hall–Kier alpha value is -0.700.